The molecule has 120 heavy (non-hydrogen) atoms. The standard InChI is InChI=1S/3C33H19N7/c1-3-7-26-20(5-1)13-21-6-2-4-8-27(21)30(26)33-39-31(22-9-11-28-24(14-22)16-34-18-36-28)38-32(40-33)23-10-12-29-25(15-23)17-35-19-37-29;1-2-5-21-15-28-22(12-20(21)4-1)6-3-7-27(28)33-39-31(23-8-10-29-25(13-23)16-34-18-36-29)38-32(40-33)24-9-11-30-26(14-24)17-35-19-37-30;1-2-4-21-12-26-13-23(6-5-22(26)11-20(21)3-1)31-38-32(24-7-9-29-27(14-24)16-34-18-36-29)40-33(39-31)25-8-10-30-28(15-25)17-35-19-37-30/h3*1-19H. The molecule has 24 aromatic rings. The Morgan fingerprint density at radius 1 is 0.150 bits per heavy atom. The number of hydrogen-bond donors (Lipinski definition) is 0. The summed E-state index contributed by atoms with van der Waals surface area (Å²) in [5.74, 6) is 5.28. The fourth-order valence-corrected chi connectivity index (χ4v) is 15.5. The maximum atomic E-state index is 5.08. The lowest BCUT2D eigenvalue weighted by atomic mass is 9.96. The fraction of sp³-hybridized carbons (Fsp3) is 0. The molecule has 21 nitrogen and oxygen atoms in total. The summed E-state index contributed by atoms with van der Waals surface area (Å²) in [6.07, 6.45) is 20.1. The molecule has 0 fully saturated rings. The Bertz CT molecular complexity index is 7870. The van der Waals surface area contributed by atoms with Crippen molar-refractivity contribution in [3.63, 3.8) is 0 Å². The summed E-state index contributed by atoms with van der Waals surface area (Å²) in [5, 5.41) is 19.2. The molecule has 0 aliphatic carbocycles. The van der Waals surface area contributed by atoms with E-state index in [0.717, 1.165) is 153 Å². The van der Waals surface area contributed by atoms with Gasteiger partial charge in [-0.25, -0.2) is 105 Å². The van der Waals surface area contributed by atoms with Crippen LogP contribution in [-0.4, -0.2) is 105 Å². The molecule has 0 N–H and O–H groups in total. The van der Waals surface area contributed by atoms with Gasteiger partial charge in [0.15, 0.2) is 52.4 Å². The molecule has 0 unspecified atom stereocenters. The molecule has 15 aromatic carbocycles. The third kappa shape index (κ3) is 13.4. The van der Waals surface area contributed by atoms with E-state index in [1.165, 1.54) is 26.9 Å². The summed E-state index contributed by atoms with van der Waals surface area (Å²) in [7, 11) is 0. The van der Waals surface area contributed by atoms with E-state index in [2.05, 4.69) is 224 Å². The van der Waals surface area contributed by atoms with Crippen molar-refractivity contribution in [3.8, 4) is 102 Å². The highest BCUT2D eigenvalue weighted by Crippen LogP contribution is 2.40. The fourth-order valence-electron chi connectivity index (χ4n) is 15.5. The van der Waals surface area contributed by atoms with E-state index in [9.17, 15) is 0 Å². The van der Waals surface area contributed by atoms with Crippen LogP contribution in [0.25, 0.3) is 233 Å². The number of hydrogen-bond acceptors (Lipinski definition) is 21. The predicted molar refractivity (Wildman–Crippen MR) is 472 cm³/mol. The SMILES string of the molecule is c1ccc2c(-c3nc(-c4ccc5ncncc5c4)nc(-c4ccc5ncncc5c4)n3)c3ccccc3cc2c1.c1ccc2cc3c(-c4nc(-c5ccc6ncncc6c5)nc(-c5ccc6ncncc6c5)n4)cccc3cc2c1.c1ccc2cc3cc(-c4nc(-c5ccc6ncncc6c5)nc(-c5ccc6ncncc6c5)n4)ccc3cc2c1. The van der Waals surface area contributed by atoms with E-state index in [1.54, 1.807) is 75.1 Å². The zero-order chi connectivity index (χ0) is 79.4. The quantitative estimate of drug-likeness (QED) is 0.121. The van der Waals surface area contributed by atoms with Crippen molar-refractivity contribution in [2.45, 2.75) is 0 Å². The van der Waals surface area contributed by atoms with Gasteiger partial charge in [-0.15, -0.1) is 0 Å². The number of benzene rings is 15. The molecule has 0 amide bonds. The predicted octanol–water partition coefficient (Wildman–Crippen LogP) is 21.2. The topological polar surface area (TPSA) is 271 Å². The molecule has 0 bridgehead atoms. The van der Waals surface area contributed by atoms with Gasteiger partial charge in [-0.2, -0.15) is 0 Å². The first-order valence-corrected chi connectivity index (χ1v) is 38.6. The van der Waals surface area contributed by atoms with Crippen LogP contribution in [0.1, 0.15) is 0 Å². The van der Waals surface area contributed by atoms with E-state index >= 15 is 0 Å². The van der Waals surface area contributed by atoms with Crippen LogP contribution in [0.2, 0.25) is 0 Å². The third-order valence-corrected chi connectivity index (χ3v) is 21.4. The Kier molecular flexibility index (Phi) is 17.2. The smallest absolute Gasteiger partial charge is 0.165 e. The largest absolute Gasteiger partial charge is 0.244 e. The van der Waals surface area contributed by atoms with Crippen LogP contribution in [0, 0.1) is 0 Å². The van der Waals surface area contributed by atoms with Gasteiger partial charge in [0.25, 0.3) is 0 Å². The Morgan fingerprint density at radius 2 is 0.392 bits per heavy atom. The first-order valence-electron chi connectivity index (χ1n) is 38.6. The molecular formula is C99H57N21. The summed E-state index contributed by atoms with van der Waals surface area (Å²) in [6.45, 7) is 0. The monoisotopic (exact) mass is 1540 g/mol. The van der Waals surface area contributed by atoms with E-state index < -0.39 is 0 Å². The van der Waals surface area contributed by atoms with Gasteiger partial charge in [0.1, 0.15) is 38.0 Å². The van der Waals surface area contributed by atoms with Crippen LogP contribution in [0.5, 0.6) is 0 Å². The second-order valence-corrected chi connectivity index (χ2v) is 28.9. The first kappa shape index (κ1) is 69.6. The van der Waals surface area contributed by atoms with Gasteiger partial charge in [-0.05, 0) is 210 Å². The Balaban J connectivity index is 0.000000108. The molecule has 9 heterocycles. The minimum Gasteiger partial charge on any atom is -0.244 e. The molecule has 0 aliphatic heterocycles. The zero-order valence-corrected chi connectivity index (χ0v) is 63.3. The number of nitrogens with zero attached hydrogens (tertiary/aromatic N) is 21. The normalized spacial score (nSPS) is 11.5. The van der Waals surface area contributed by atoms with Gasteiger partial charge < -0.3 is 0 Å². The van der Waals surface area contributed by atoms with Crippen LogP contribution in [0.3, 0.4) is 0 Å². The van der Waals surface area contributed by atoms with Gasteiger partial charge >= 0.3 is 0 Å². The summed E-state index contributed by atoms with van der Waals surface area (Å²) >= 11 is 0. The molecule has 0 radical (unpaired) electrons. The van der Waals surface area contributed by atoms with Crippen molar-refractivity contribution in [2.75, 3.05) is 0 Å². The van der Waals surface area contributed by atoms with Crippen LogP contribution in [0.15, 0.2) is 348 Å². The highest BCUT2D eigenvalue weighted by atomic mass is 15.1. The maximum absolute atomic E-state index is 5.08. The van der Waals surface area contributed by atoms with Crippen molar-refractivity contribution in [1.29, 1.82) is 0 Å². The van der Waals surface area contributed by atoms with Crippen molar-refractivity contribution < 1.29 is 0 Å². The average molecular weight is 1540 g/mol. The number of rotatable bonds is 9. The number of fused-ring (bicyclic) bond motifs is 12. The lowest BCUT2D eigenvalue weighted by Crippen LogP contribution is -2.01. The number of aromatic nitrogens is 21. The minimum absolute atomic E-state index is 0.576. The molecule has 0 saturated carbocycles. The van der Waals surface area contributed by atoms with Crippen LogP contribution < -0.4 is 0 Å². The molecule has 0 saturated heterocycles. The van der Waals surface area contributed by atoms with Gasteiger partial charge in [0.05, 0.1) is 33.1 Å². The summed E-state index contributed by atoms with van der Waals surface area (Å²) in [6, 6.07) is 93.0. The van der Waals surface area contributed by atoms with Gasteiger partial charge in [-0.1, -0.05) is 127 Å². The van der Waals surface area contributed by atoms with Gasteiger partial charge in [-0.3, -0.25) is 0 Å². The molecule has 0 aliphatic rings. The Morgan fingerprint density at radius 3 is 0.742 bits per heavy atom. The van der Waals surface area contributed by atoms with Crippen LogP contribution in [-0.2, 0) is 0 Å². The van der Waals surface area contributed by atoms with Crippen molar-refractivity contribution in [3.05, 3.63) is 348 Å². The second-order valence-electron chi connectivity index (χ2n) is 28.9. The molecule has 0 spiro atoms. The van der Waals surface area contributed by atoms with Crippen LogP contribution >= 0.6 is 0 Å². The zero-order valence-electron chi connectivity index (χ0n) is 63.3. The molecule has 558 valence electrons. The van der Waals surface area contributed by atoms with Crippen molar-refractivity contribution in [1.82, 2.24) is 105 Å². The Hall–Kier alpha value is -17.1. The van der Waals surface area contributed by atoms with Crippen molar-refractivity contribution in [2.24, 2.45) is 0 Å². The van der Waals surface area contributed by atoms with Crippen LogP contribution in [0.4, 0.5) is 0 Å². The molecule has 21 heteroatoms. The maximum Gasteiger partial charge on any atom is 0.165 e. The lowest BCUT2D eigenvalue weighted by molar-refractivity contribution is 1.07. The third-order valence-electron chi connectivity index (χ3n) is 21.4. The lowest BCUT2D eigenvalue weighted by Gasteiger charge is -2.13. The second kappa shape index (κ2) is 29.7. The van der Waals surface area contributed by atoms with E-state index in [0.29, 0.717) is 52.4 Å². The summed E-state index contributed by atoms with van der Waals surface area (Å²) in [5.41, 5.74) is 13.2. The highest BCUT2D eigenvalue weighted by Gasteiger charge is 2.22. The van der Waals surface area contributed by atoms with E-state index in [1.807, 2.05) is 109 Å². The molecule has 0 atom stereocenters. The van der Waals surface area contributed by atoms with Gasteiger partial charge in [0.2, 0.25) is 0 Å². The Labute approximate surface area is 681 Å². The highest BCUT2D eigenvalue weighted by molar-refractivity contribution is 6.12. The van der Waals surface area contributed by atoms with E-state index in [4.69, 9.17) is 44.9 Å². The van der Waals surface area contributed by atoms with Crippen molar-refractivity contribution >= 4 is 130 Å². The molecular weight excluding hydrogens is 1480 g/mol. The average Bonchev–Trinajstić information content (AvgIpc) is 0.756. The van der Waals surface area contributed by atoms with E-state index in [-0.39, 0.29) is 0 Å². The first-order chi connectivity index (χ1) is 59.3. The molecule has 24 rings (SSSR count). The molecule has 9 aromatic heterocycles. The summed E-state index contributed by atoms with van der Waals surface area (Å²) in [4.78, 5) is 96.2. The minimum atomic E-state index is 0.576. The summed E-state index contributed by atoms with van der Waals surface area (Å²) < 4.78 is 0. The van der Waals surface area contributed by atoms with Gasteiger partial charge in [0, 0.05) is 120 Å².